The molecule has 1 saturated heterocycles. The number of carbonyl (C=O) groups excluding carboxylic acids is 1. The van der Waals surface area contributed by atoms with Gasteiger partial charge in [-0.25, -0.2) is 4.39 Å². The molecule has 3 nitrogen and oxygen atoms in total. The first-order valence-corrected chi connectivity index (χ1v) is 4.96. The van der Waals surface area contributed by atoms with Crippen LogP contribution in [-0.4, -0.2) is 23.4 Å². The molecule has 1 aliphatic rings. The Morgan fingerprint density at radius 3 is 2.87 bits per heavy atom. The van der Waals surface area contributed by atoms with Gasteiger partial charge in [0, 0.05) is 6.54 Å². The van der Waals surface area contributed by atoms with E-state index in [9.17, 15) is 9.18 Å². The molecule has 1 heterocycles. The van der Waals surface area contributed by atoms with Gasteiger partial charge in [-0.15, -0.1) is 0 Å². The molecule has 0 aromatic heterocycles. The highest BCUT2D eigenvalue weighted by Gasteiger charge is 2.44. The minimum atomic E-state index is -0.522. The van der Waals surface area contributed by atoms with Gasteiger partial charge >= 0.3 is 0 Å². The summed E-state index contributed by atoms with van der Waals surface area (Å²) in [4.78, 5) is 13.0. The largest absolute Gasteiger partial charge is 0.332 e. The van der Waals surface area contributed by atoms with E-state index in [2.05, 4.69) is 0 Å². The molecule has 1 aromatic carbocycles. The quantitative estimate of drug-likeness (QED) is 0.738. The molecule has 1 aromatic rings. The number of nitrogens with zero attached hydrogens (tertiary/aromatic N) is 1. The van der Waals surface area contributed by atoms with E-state index in [1.807, 2.05) is 6.92 Å². The Kier molecular flexibility index (Phi) is 2.44. The summed E-state index contributed by atoms with van der Waals surface area (Å²) < 4.78 is 13.0. The minimum absolute atomic E-state index is 0.0632. The first kappa shape index (κ1) is 10.1. The summed E-state index contributed by atoms with van der Waals surface area (Å²) in [6, 6.07) is 5.55. The topological polar surface area (TPSA) is 46.3 Å². The van der Waals surface area contributed by atoms with Crippen LogP contribution in [0.2, 0.25) is 0 Å². The SMILES string of the molecule is CCN1C(=O)[C@H](N)[C@@H]1c1cccc(F)c1. The van der Waals surface area contributed by atoms with Gasteiger partial charge in [-0.2, -0.15) is 0 Å². The van der Waals surface area contributed by atoms with Crippen molar-refractivity contribution in [1.29, 1.82) is 0 Å². The van der Waals surface area contributed by atoms with E-state index in [0.29, 0.717) is 6.54 Å². The van der Waals surface area contributed by atoms with Gasteiger partial charge in [-0.1, -0.05) is 12.1 Å². The van der Waals surface area contributed by atoms with Gasteiger partial charge in [0.2, 0.25) is 5.91 Å². The number of likely N-dealkylation sites (tertiary alicyclic amines) is 1. The third-order valence-electron chi connectivity index (χ3n) is 2.78. The van der Waals surface area contributed by atoms with E-state index in [-0.39, 0.29) is 17.8 Å². The number of likely N-dealkylation sites (N-methyl/N-ethyl adjacent to an activating group) is 1. The lowest BCUT2D eigenvalue weighted by molar-refractivity contribution is -0.149. The average molecular weight is 208 g/mol. The standard InChI is InChI=1S/C11H13FN2O/c1-2-14-10(9(13)11(14)15)7-4-3-5-8(12)6-7/h3-6,9-10H,2,13H2,1H3/t9-,10+/m1/s1. The van der Waals surface area contributed by atoms with Crippen LogP contribution >= 0.6 is 0 Å². The van der Waals surface area contributed by atoms with Crippen molar-refractivity contribution in [2.75, 3.05) is 6.54 Å². The zero-order valence-corrected chi connectivity index (χ0v) is 8.48. The second-order valence-electron chi connectivity index (χ2n) is 3.65. The third kappa shape index (κ3) is 1.51. The van der Waals surface area contributed by atoms with E-state index in [1.54, 1.807) is 17.0 Å². The Balaban J connectivity index is 2.28. The van der Waals surface area contributed by atoms with Crippen LogP contribution in [0.25, 0.3) is 0 Å². The summed E-state index contributed by atoms with van der Waals surface area (Å²) in [7, 11) is 0. The van der Waals surface area contributed by atoms with Crippen molar-refractivity contribution < 1.29 is 9.18 Å². The number of benzene rings is 1. The molecule has 80 valence electrons. The molecule has 2 N–H and O–H groups in total. The number of halogens is 1. The second kappa shape index (κ2) is 3.62. The monoisotopic (exact) mass is 208 g/mol. The molecule has 4 heteroatoms. The van der Waals surface area contributed by atoms with Crippen molar-refractivity contribution in [1.82, 2.24) is 4.90 Å². The third-order valence-corrected chi connectivity index (χ3v) is 2.78. The van der Waals surface area contributed by atoms with Crippen molar-refractivity contribution in [3.05, 3.63) is 35.6 Å². The Morgan fingerprint density at radius 2 is 2.27 bits per heavy atom. The highest BCUT2D eigenvalue weighted by Crippen LogP contribution is 2.33. The van der Waals surface area contributed by atoms with E-state index in [0.717, 1.165) is 5.56 Å². The van der Waals surface area contributed by atoms with Crippen molar-refractivity contribution in [3.63, 3.8) is 0 Å². The fraction of sp³-hybridized carbons (Fsp3) is 0.364. The molecular formula is C11H13FN2O. The number of hydrogen-bond donors (Lipinski definition) is 1. The summed E-state index contributed by atoms with van der Waals surface area (Å²) in [6.45, 7) is 2.49. The Hall–Kier alpha value is -1.42. The van der Waals surface area contributed by atoms with Crippen molar-refractivity contribution in [2.45, 2.75) is 19.0 Å². The molecule has 0 aliphatic carbocycles. The molecule has 0 unspecified atom stereocenters. The van der Waals surface area contributed by atoms with Gasteiger partial charge in [-0.05, 0) is 24.6 Å². The predicted octanol–water partition coefficient (Wildman–Crippen LogP) is 1.06. The maximum atomic E-state index is 13.0. The number of rotatable bonds is 2. The van der Waals surface area contributed by atoms with Gasteiger partial charge in [0.1, 0.15) is 11.9 Å². The van der Waals surface area contributed by atoms with E-state index in [1.165, 1.54) is 12.1 Å². The van der Waals surface area contributed by atoms with Crippen LogP contribution < -0.4 is 5.73 Å². The van der Waals surface area contributed by atoms with E-state index in [4.69, 9.17) is 5.73 Å². The highest BCUT2D eigenvalue weighted by molar-refractivity contribution is 5.89. The van der Waals surface area contributed by atoms with Crippen LogP contribution in [0.5, 0.6) is 0 Å². The zero-order chi connectivity index (χ0) is 11.0. The van der Waals surface area contributed by atoms with Crippen LogP contribution in [-0.2, 0) is 4.79 Å². The lowest BCUT2D eigenvalue weighted by Crippen LogP contribution is -2.62. The molecule has 15 heavy (non-hydrogen) atoms. The summed E-state index contributed by atoms with van der Waals surface area (Å²) in [6.07, 6.45) is 0. The summed E-state index contributed by atoms with van der Waals surface area (Å²) in [5, 5.41) is 0. The normalized spacial score (nSPS) is 25.3. The van der Waals surface area contributed by atoms with Crippen LogP contribution in [0, 0.1) is 5.82 Å². The Bertz CT molecular complexity index is 394. The molecule has 0 saturated carbocycles. The number of hydrogen-bond acceptors (Lipinski definition) is 2. The van der Waals surface area contributed by atoms with Crippen LogP contribution in [0.3, 0.4) is 0 Å². The van der Waals surface area contributed by atoms with Crippen molar-refractivity contribution >= 4 is 5.91 Å². The van der Waals surface area contributed by atoms with Crippen molar-refractivity contribution in [3.8, 4) is 0 Å². The molecule has 2 rings (SSSR count). The molecule has 0 radical (unpaired) electrons. The molecule has 0 spiro atoms. The molecule has 1 amide bonds. The minimum Gasteiger partial charge on any atom is -0.332 e. The molecule has 1 aliphatic heterocycles. The Labute approximate surface area is 87.7 Å². The number of carbonyl (C=O) groups is 1. The van der Waals surface area contributed by atoms with E-state index >= 15 is 0 Å². The highest BCUT2D eigenvalue weighted by atomic mass is 19.1. The molecular weight excluding hydrogens is 195 g/mol. The zero-order valence-electron chi connectivity index (χ0n) is 8.48. The van der Waals surface area contributed by atoms with E-state index < -0.39 is 6.04 Å². The molecule has 0 bridgehead atoms. The number of amides is 1. The lowest BCUT2D eigenvalue weighted by Gasteiger charge is -2.45. The van der Waals surface area contributed by atoms with Gasteiger partial charge in [-0.3, -0.25) is 4.79 Å². The molecule has 1 fully saturated rings. The van der Waals surface area contributed by atoms with Crippen LogP contribution in [0.15, 0.2) is 24.3 Å². The first-order chi connectivity index (χ1) is 7.15. The maximum absolute atomic E-state index is 13.0. The summed E-state index contributed by atoms with van der Waals surface area (Å²) >= 11 is 0. The second-order valence-corrected chi connectivity index (χ2v) is 3.65. The van der Waals surface area contributed by atoms with Gasteiger partial charge in [0.25, 0.3) is 0 Å². The Morgan fingerprint density at radius 1 is 1.53 bits per heavy atom. The van der Waals surface area contributed by atoms with Crippen molar-refractivity contribution in [2.24, 2.45) is 5.73 Å². The van der Waals surface area contributed by atoms with Crippen LogP contribution in [0.4, 0.5) is 4.39 Å². The first-order valence-electron chi connectivity index (χ1n) is 4.96. The van der Waals surface area contributed by atoms with Gasteiger partial charge < -0.3 is 10.6 Å². The fourth-order valence-corrected chi connectivity index (χ4v) is 2.01. The van der Waals surface area contributed by atoms with Gasteiger partial charge in [0.15, 0.2) is 0 Å². The van der Waals surface area contributed by atoms with Gasteiger partial charge in [0.05, 0.1) is 6.04 Å². The lowest BCUT2D eigenvalue weighted by atomic mass is 9.89. The number of β-lactam (4-membered cyclic amide) rings is 1. The molecule has 2 atom stereocenters. The smallest absolute Gasteiger partial charge is 0.242 e. The predicted molar refractivity (Wildman–Crippen MR) is 54.5 cm³/mol. The number of nitrogens with two attached hydrogens (primary N) is 1. The summed E-state index contributed by atoms with van der Waals surface area (Å²) in [5.74, 6) is -0.359. The average Bonchev–Trinajstić information content (AvgIpc) is 2.24. The van der Waals surface area contributed by atoms with Crippen LogP contribution in [0.1, 0.15) is 18.5 Å². The maximum Gasteiger partial charge on any atom is 0.242 e. The fourth-order valence-electron chi connectivity index (χ4n) is 2.01. The summed E-state index contributed by atoms with van der Waals surface area (Å²) in [5.41, 5.74) is 6.47.